The van der Waals surface area contributed by atoms with Crippen molar-refractivity contribution in [2.75, 3.05) is 0 Å². The average Bonchev–Trinajstić information content (AvgIpc) is 2.17. The van der Waals surface area contributed by atoms with Gasteiger partial charge in [-0.1, -0.05) is 12.1 Å². The number of nitrogens with one attached hydrogen (secondary N) is 1. The first kappa shape index (κ1) is 9.86. The average molecular weight is 203 g/mol. The lowest BCUT2D eigenvalue weighted by Gasteiger charge is -2.06. The fraction of sp³-hybridized carbons (Fsp3) is 0.273. The standard InChI is InChI=1S/C11H13N3O/c1-6-4-3-5-8-9(6)11(15)14-10(13-8)7(2)12/h3-5,7H,12H2,1-2H3,(H,13,14,15). The minimum absolute atomic E-state index is 0.120. The topological polar surface area (TPSA) is 71.8 Å². The molecule has 1 atom stereocenters. The molecular weight excluding hydrogens is 190 g/mol. The van der Waals surface area contributed by atoms with Crippen LogP contribution in [0.4, 0.5) is 0 Å². The molecule has 0 bridgehead atoms. The van der Waals surface area contributed by atoms with Crippen molar-refractivity contribution in [1.82, 2.24) is 9.97 Å². The lowest BCUT2D eigenvalue weighted by atomic mass is 10.1. The second kappa shape index (κ2) is 3.47. The molecule has 15 heavy (non-hydrogen) atoms. The Bertz CT molecular complexity index is 557. The molecule has 0 spiro atoms. The van der Waals surface area contributed by atoms with Gasteiger partial charge >= 0.3 is 0 Å². The zero-order chi connectivity index (χ0) is 11.0. The maximum atomic E-state index is 11.8. The molecular formula is C11H13N3O. The van der Waals surface area contributed by atoms with Gasteiger partial charge in [0.15, 0.2) is 0 Å². The van der Waals surface area contributed by atoms with Crippen LogP contribution in [0.25, 0.3) is 10.9 Å². The molecule has 78 valence electrons. The van der Waals surface area contributed by atoms with Gasteiger partial charge < -0.3 is 10.7 Å². The second-order valence-electron chi connectivity index (χ2n) is 3.71. The molecule has 0 aliphatic heterocycles. The summed E-state index contributed by atoms with van der Waals surface area (Å²) in [4.78, 5) is 18.8. The Morgan fingerprint density at radius 3 is 2.87 bits per heavy atom. The number of aryl methyl sites for hydroxylation is 1. The van der Waals surface area contributed by atoms with Gasteiger partial charge in [-0.2, -0.15) is 0 Å². The fourth-order valence-electron chi connectivity index (χ4n) is 1.59. The van der Waals surface area contributed by atoms with Crippen molar-refractivity contribution in [3.05, 3.63) is 39.9 Å². The summed E-state index contributed by atoms with van der Waals surface area (Å²) in [5.41, 5.74) is 7.19. The number of H-pyrrole nitrogens is 1. The Hall–Kier alpha value is -1.68. The molecule has 0 aliphatic carbocycles. The SMILES string of the molecule is Cc1cccc2nc(C(C)N)[nH]c(=O)c12. The minimum atomic E-state index is -0.261. The Balaban J connectivity index is 2.85. The van der Waals surface area contributed by atoms with Crippen molar-refractivity contribution in [2.45, 2.75) is 19.9 Å². The van der Waals surface area contributed by atoms with Gasteiger partial charge in [0, 0.05) is 0 Å². The van der Waals surface area contributed by atoms with Gasteiger partial charge in [-0.3, -0.25) is 4.79 Å². The number of benzene rings is 1. The van der Waals surface area contributed by atoms with Gasteiger partial charge in [0.05, 0.1) is 16.9 Å². The van der Waals surface area contributed by atoms with Crippen molar-refractivity contribution in [2.24, 2.45) is 5.73 Å². The number of nitrogens with zero attached hydrogens (tertiary/aromatic N) is 1. The van der Waals surface area contributed by atoms with Gasteiger partial charge in [0.2, 0.25) is 0 Å². The summed E-state index contributed by atoms with van der Waals surface area (Å²) in [6, 6.07) is 5.34. The Labute approximate surface area is 87.1 Å². The monoisotopic (exact) mass is 203 g/mol. The summed E-state index contributed by atoms with van der Waals surface area (Å²) >= 11 is 0. The Morgan fingerprint density at radius 2 is 2.20 bits per heavy atom. The van der Waals surface area contributed by atoms with E-state index in [9.17, 15) is 4.79 Å². The van der Waals surface area contributed by atoms with Gasteiger partial charge in [0.25, 0.3) is 5.56 Å². The van der Waals surface area contributed by atoms with E-state index in [1.807, 2.05) is 25.1 Å². The highest BCUT2D eigenvalue weighted by atomic mass is 16.1. The summed E-state index contributed by atoms with van der Waals surface area (Å²) in [5, 5.41) is 0.641. The molecule has 2 rings (SSSR count). The van der Waals surface area contributed by atoms with E-state index in [4.69, 9.17) is 5.73 Å². The van der Waals surface area contributed by atoms with Crippen LogP contribution in [0.15, 0.2) is 23.0 Å². The Kier molecular flexibility index (Phi) is 2.28. The molecule has 1 heterocycles. The van der Waals surface area contributed by atoms with E-state index in [0.717, 1.165) is 5.56 Å². The van der Waals surface area contributed by atoms with E-state index in [1.165, 1.54) is 0 Å². The highest BCUT2D eigenvalue weighted by molar-refractivity contribution is 5.80. The van der Waals surface area contributed by atoms with E-state index >= 15 is 0 Å². The molecule has 1 aromatic heterocycles. The summed E-state index contributed by atoms with van der Waals surface area (Å²) in [5.74, 6) is 0.526. The largest absolute Gasteiger partial charge is 0.322 e. The number of fused-ring (bicyclic) bond motifs is 1. The molecule has 4 heteroatoms. The molecule has 1 unspecified atom stereocenters. The van der Waals surface area contributed by atoms with Crippen LogP contribution in [0.1, 0.15) is 24.4 Å². The van der Waals surface area contributed by atoms with Crippen LogP contribution < -0.4 is 11.3 Å². The van der Waals surface area contributed by atoms with Crippen LogP contribution in [0.5, 0.6) is 0 Å². The summed E-state index contributed by atoms with van der Waals surface area (Å²) in [7, 11) is 0. The number of rotatable bonds is 1. The molecule has 0 saturated heterocycles. The number of hydrogen-bond acceptors (Lipinski definition) is 3. The first-order chi connectivity index (χ1) is 7.09. The number of aromatic amines is 1. The fourth-order valence-corrected chi connectivity index (χ4v) is 1.59. The van der Waals surface area contributed by atoms with Crippen molar-refractivity contribution in [3.63, 3.8) is 0 Å². The van der Waals surface area contributed by atoms with Crippen LogP contribution >= 0.6 is 0 Å². The quantitative estimate of drug-likeness (QED) is 0.732. The smallest absolute Gasteiger partial charge is 0.259 e. The predicted molar refractivity (Wildman–Crippen MR) is 59.7 cm³/mol. The second-order valence-corrected chi connectivity index (χ2v) is 3.71. The van der Waals surface area contributed by atoms with E-state index in [1.54, 1.807) is 6.92 Å². The summed E-state index contributed by atoms with van der Waals surface area (Å²) in [6.45, 7) is 3.69. The summed E-state index contributed by atoms with van der Waals surface area (Å²) in [6.07, 6.45) is 0. The lowest BCUT2D eigenvalue weighted by molar-refractivity contribution is 0.741. The summed E-state index contributed by atoms with van der Waals surface area (Å²) < 4.78 is 0. The maximum absolute atomic E-state index is 11.8. The highest BCUT2D eigenvalue weighted by Crippen LogP contribution is 2.12. The number of aromatic nitrogens is 2. The first-order valence-electron chi connectivity index (χ1n) is 4.84. The van der Waals surface area contributed by atoms with Crippen molar-refractivity contribution >= 4 is 10.9 Å². The first-order valence-corrected chi connectivity index (χ1v) is 4.84. The number of hydrogen-bond donors (Lipinski definition) is 2. The van der Waals surface area contributed by atoms with Crippen LogP contribution in [0.2, 0.25) is 0 Å². The van der Waals surface area contributed by atoms with E-state index in [2.05, 4.69) is 9.97 Å². The molecule has 0 aliphatic rings. The van der Waals surface area contributed by atoms with Crippen LogP contribution in [0.3, 0.4) is 0 Å². The highest BCUT2D eigenvalue weighted by Gasteiger charge is 2.07. The maximum Gasteiger partial charge on any atom is 0.259 e. The van der Waals surface area contributed by atoms with Crippen molar-refractivity contribution in [3.8, 4) is 0 Å². The van der Waals surface area contributed by atoms with Crippen LogP contribution in [0, 0.1) is 6.92 Å². The van der Waals surface area contributed by atoms with Crippen LogP contribution in [-0.2, 0) is 0 Å². The van der Waals surface area contributed by atoms with Crippen molar-refractivity contribution in [1.29, 1.82) is 0 Å². The van der Waals surface area contributed by atoms with Gasteiger partial charge in [-0.25, -0.2) is 4.98 Å². The molecule has 3 N–H and O–H groups in total. The third kappa shape index (κ3) is 1.64. The lowest BCUT2D eigenvalue weighted by Crippen LogP contribution is -2.18. The van der Waals surface area contributed by atoms with Gasteiger partial charge in [0.1, 0.15) is 5.82 Å². The number of nitrogens with two attached hydrogens (primary N) is 1. The zero-order valence-electron chi connectivity index (χ0n) is 8.74. The molecule has 0 fully saturated rings. The third-order valence-electron chi connectivity index (χ3n) is 2.39. The normalized spacial score (nSPS) is 13.0. The van der Waals surface area contributed by atoms with Crippen molar-refractivity contribution < 1.29 is 0 Å². The molecule has 0 radical (unpaired) electrons. The van der Waals surface area contributed by atoms with E-state index in [0.29, 0.717) is 16.7 Å². The molecule has 1 aromatic carbocycles. The third-order valence-corrected chi connectivity index (χ3v) is 2.39. The predicted octanol–water partition coefficient (Wildman–Crippen LogP) is 1.25. The van der Waals surface area contributed by atoms with Gasteiger partial charge in [-0.05, 0) is 25.5 Å². The van der Waals surface area contributed by atoms with Gasteiger partial charge in [-0.15, -0.1) is 0 Å². The zero-order valence-corrected chi connectivity index (χ0v) is 8.74. The van der Waals surface area contributed by atoms with E-state index < -0.39 is 0 Å². The molecule has 4 nitrogen and oxygen atoms in total. The van der Waals surface area contributed by atoms with Crippen LogP contribution in [-0.4, -0.2) is 9.97 Å². The molecule has 0 amide bonds. The Morgan fingerprint density at radius 1 is 1.47 bits per heavy atom. The minimum Gasteiger partial charge on any atom is -0.322 e. The molecule has 0 saturated carbocycles. The molecule has 2 aromatic rings. The van der Waals surface area contributed by atoms with E-state index in [-0.39, 0.29) is 11.6 Å².